The number of carbonyl (C=O) groups is 2. The monoisotopic (exact) mass is 465 g/mol. The van der Waals surface area contributed by atoms with E-state index in [2.05, 4.69) is 4.72 Å². The minimum absolute atomic E-state index is 0.0750. The summed E-state index contributed by atoms with van der Waals surface area (Å²) in [4.78, 5) is 28.8. The molecule has 2 heterocycles. The van der Waals surface area contributed by atoms with Crippen molar-refractivity contribution in [3.05, 3.63) is 41.4 Å². The Morgan fingerprint density at radius 1 is 1.13 bits per heavy atom. The highest BCUT2D eigenvalue weighted by Gasteiger charge is 2.40. The van der Waals surface area contributed by atoms with Crippen LogP contribution in [0.3, 0.4) is 0 Å². The number of nitrogens with zero attached hydrogens (tertiary/aromatic N) is 2. The largest absolute Gasteiger partial charge is 0.378 e. The highest BCUT2D eigenvalue weighted by Crippen LogP contribution is 2.24. The number of fused-ring (bicyclic) bond motifs is 1. The molecule has 2 atom stereocenters. The summed E-state index contributed by atoms with van der Waals surface area (Å²) in [6.45, 7) is 3.95. The fourth-order valence-corrected chi connectivity index (χ4v) is 5.43. The van der Waals surface area contributed by atoms with Crippen LogP contribution in [0, 0.1) is 0 Å². The van der Waals surface area contributed by atoms with Gasteiger partial charge >= 0.3 is 0 Å². The van der Waals surface area contributed by atoms with Crippen molar-refractivity contribution in [2.45, 2.75) is 30.3 Å². The number of ether oxygens (including phenoxy) is 1. The Kier molecular flexibility index (Phi) is 6.20. The van der Waals surface area contributed by atoms with Gasteiger partial charge in [-0.1, -0.05) is 23.7 Å². The average Bonchev–Trinajstić information content (AvgIpc) is 3.12. The molecule has 0 bridgehead atoms. The number of morpholine rings is 1. The normalized spacial score (nSPS) is 21.0. The highest BCUT2D eigenvalue weighted by molar-refractivity contribution is 7.89. The first kappa shape index (κ1) is 22.0. The number of likely N-dealkylation sites (tertiary alicyclic amines) is 1. The first-order valence-corrected chi connectivity index (χ1v) is 12.0. The molecule has 2 amide bonds. The Morgan fingerprint density at radius 2 is 1.81 bits per heavy atom. The summed E-state index contributed by atoms with van der Waals surface area (Å²) in [5, 5.41) is 2.13. The first-order chi connectivity index (χ1) is 14.8. The number of benzene rings is 2. The quantitative estimate of drug-likeness (QED) is 0.723. The topological polar surface area (TPSA) is 96.0 Å². The second kappa shape index (κ2) is 8.74. The fourth-order valence-electron chi connectivity index (χ4n) is 3.99. The van der Waals surface area contributed by atoms with E-state index in [9.17, 15) is 18.0 Å². The number of nitrogens with one attached hydrogen (secondary N) is 1. The van der Waals surface area contributed by atoms with E-state index in [1.54, 1.807) is 42.2 Å². The summed E-state index contributed by atoms with van der Waals surface area (Å²) in [7, 11) is -3.91. The number of rotatable bonds is 5. The van der Waals surface area contributed by atoms with Gasteiger partial charge in [-0.05, 0) is 48.4 Å². The van der Waals surface area contributed by atoms with Crippen LogP contribution in [0.4, 0.5) is 0 Å². The van der Waals surface area contributed by atoms with E-state index >= 15 is 0 Å². The van der Waals surface area contributed by atoms with Crippen LogP contribution < -0.4 is 4.72 Å². The predicted molar refractivity (Wildman–Crippen MR) is 116 cm³/mol. The lowest BCUT2D eigenvalue weighted by molar-refractivity contribution is -0.146. The maximum absolute atomic E-state index is 12.9. The van der Waals surface area contributed by atoms with E-state index in [-0.39, 0.29) is 16.7 Å². The van der Waals surface area contributed by atoms with Gasteiger partial charge in [0.1, 0.15) is 12.1 Å². The van der Waals surface area contributed by atoms with Gasteiger partial charge in [0.2, 0.25) is 21.8 Å². The highest BCUT2D eigenvalue weighted by atomic mass is 35.5. The van der Waals surface area contributed by atoms with Gasteiger partial charge in [0, 0.05) is 24.7 Å². The van der Waals surface area contributed by atoms with Crippen LogP contribution in [0.2, 0.25) is 5.02 Å². The van der Waals surface area contributed by atoms with Crippen molar-refractivity contribution in [1.29, 1.82) is 0 Å². The van der Waals surface area contributed by atoms with Crippen molar-refractivity contribution < 1.29 is 22.7 Å². The molecule has 0 saturated carbocycles. The first-order valence-electron chi connectivity index (χ1n) is 10.1. The Morgan fingerprint density at radius 3 is 2.55 bits per heavy atom. The molecule has 1 N–H and O–H groups in total. The molecule has 0 aliphatic carbocycles. The lowest BCUT2D eigenvalue weighted by atomic mass is 10.1. The van der Waals surface area contributed by atoms with Crippen LogP contribution in [0.15, 0.2) is 41.3 Å². The lowest BCUT2D eigenvalue weighted by Gasteiger charge is -2.32. The van der Waals surface area contributed by atoms with E-state index in [1.807, 2.05) is 0 Å². The third kappa shape index (κ3) is 4.55. The standard InChI is InChI=1S/C21H24ClN3O5S/c1-14(20(26)24-8-10-30-11-9-24)25-7-6-19(21(25)27)23-31(28,29)18-5-3-15-12-17(22)4-2-16(15)13-18/h2-5,12-14,19,23H,6-11H2,1H3/t14?,19-/m1/s1. The van der Waals surface area contributed by atoms with Gasteiger partial charge in [-0.3, -0.25) is 9.59 Å². The molecule has 2 aromatic carbocycles. The van der Waals surface area contributed by atoms with E-state index < -0.39 is 22.1 Å². The molecule has 2 aromatic rings. The van der Waals surface area contributed by atoms with Crippen molar-refractivity contribution in [1.82, 2.24) is 14.5 Å². The third-order valence-corrected chi connectivity index (χ3v) is 7.47. The van der Waals surface area contributed by atoms with Crippen LogP contribution in [0.5, 0.6) is 0 Å². The van der Waals surface area contributed by atoms with Crippen LogP contribution in [-0.2, 0) is 24.3 Å². The third-order valence-electron chi connectivity index (χ3n) is 5.77. The van der Waals surface area contributed by atoms with Gasteiger partial charge in [-0.2, -0.15) is 4.72 Å². The van der Waals surface area contributed by atoms with Gasteiger partial charge in [-0.25, -0.2) is 8.42 Å². The maximum atomic E-state index is 12.9. The molecule has 2 fully saturated rings. The average molecular weight is 466 g/mol. The molecule has 2 saturated heterocycles. The van der Waals surface area contributed by atoms with E-state index in [0.29, 0.717) is 44.3 Å². The van der Waals surface area contributed by atoms with E-state index in [0.717, 1.165) is 10.8 Å². The van der Waals surface area contributed by atoms with E-state index in [4.69, 9.17) is 16.3 Å². The second-order valence-electron chi connectivity index (χ2n) is 7.76. The molecule has 2 aliphatic heterocycles. The second-order valence-corrected chi connectivity index (χ2v) is 9.91. The molecular formula is C21H24ClN3O5S. The summed E-state index contributed by atoms with van der Waals surface area (Å²) in [5.41, 5.74) is 0. The Balaban J connectivity index is 1.46. The number of amides is 2. The van der Waals surface area contributed by atoms with E-state index in [1.165, 1.54) is 11.0 Å². The van der Waals surface area contributed by atoms with Crippen molar-refractivity contribution in [2.24, 2.45) is 0 Å². The zero-order valence-electron chi connectivity index (χ0n) is 17.1. The zero-order valence-corrected chi connectivity index (χ0v) is 18.7. The summed E-state index contributed by atoms with van der Waals surface area (Å²) < 4.78 is 33.6. The molecule has 4 rings (SSSR count). The minimum Gasteiger partial charge on any atom is -0.378 e. The summed E-state index contributed by atoms with van der Waals surface area (Å²) in [6.07, 6.45) is 0.308. The number of hydrogen-bond acceptors (Lipinski definition) is 5. The summed E-state index contributed by atoms with van der Waals surface area (Å²) >= 11 is 5.98. The van der Waals surface area contributed by atoms with Gasteiger partial charge in [0.05, 0.1) is 18.1 Å². The molecule has 31 heavy (non-hydrogen) atoms. The van der Waals surface area contributed by atoms with Crippen LogP contribution in [0.1, 0.15) is 13.3 Å². The van der Waals surface area contributed by atoms with Crippen molar-refractivity contribution in [2.75, 3.05) is 32.8 Å². The summed E-state index contributed by atoms with van der Waals surface area (Å²) in [5.74, 6) is -0.529. The Bertz CT molecular complexity index is 1120. The van der Waals surface area contributed by atoms with Crippen LogP contribution in [0.25, 0.3) is 10.8 Å². The zero-order chi connectivity index (χ0) is 22.2. The fraction of sp³-hybridized carbons (Fsp3) is 0.429. The smallest absolute Gasteiger partial charge is 0.245 e. The lowest BCUT2D eigenvalue weighted by Crippen LogP contribution is -2.52. The Labute approximate surface area is 186 Å². The molecule has 8 nitrogen and oxygen atoms in total. The Hall–Kier alpha value is -2.20. The maximum Gasteiger partial charge on any atom is 0.245 e. The molecule has 0 aromatic heterocycles. The van der Waals surface area contributed by atoms with Crippen molar-refractivity contribution in [3.8, 4) is 0 Å². The van der Waals surface area contributed by atoms with Crippen molar-refractivity contribution in [3.63, 3.8) is 0 Å². The van der Waals surface area contributed by atoms with Gasteiger partial charge in [0.15, 0.2) is 0 Å². The predicted octanol–water partition coefficient (Wildman–Crippen LogP) is 1.62. The van der Waals surface area contributed by atoms with Gasteiger partial charge in [-0.15, -0.1) is 0 Å². The SMILES string of the molecule is CC(C(=O)N1CCOCC1)N1CC[C@@H](NS(=O)(=O)c2ccc3cc(Cl)ccc3c2)C1=O. The molecule has 0 spiro atoms. The van der Waals surface area contributed by atoms with Gasteiger partial charge in [0.25, 0.3) is 0 Å². The van der Waals surface area contributed by atoms with Crippen LogP contribution >= 0.6 is 11.6 Å². The minimum atomic E-state index is -3.91. The van der Waals surface area contributed by atoms with Crippen molar-refractivity contribution >= 4 is 44.2 Å². The number of sulfonamides is 1. The number of halogens is 1. The molecule has 1 unspecified atom stereocenters. The molecular weight excluding hydrogens is 442 g/mol. The van der Waals surface area contributed by atoms with Gasteiger partial charge < -0.3 is 14.5 Å². The molecule has 166 valence electrons. The number of carbonyl (C=O) groups excluding carboxylic acids is 2. The molecule has 10 heteroatoms. The molecule has 0 radical (unpaired) electrons. The summed E-state index contributed by atoms with van der Waals surface area (Å²) in [6, 6.07) is 8.37. The molecule has 2 aliphatic rings. The van der Waals surface area contributed by atoms with Crippen LogP contribution in [-0.4, -0.2) is 75.0 Å². The number of hydrogen-bond donors (Lipinski definition) is 1.